The first kappa shape index (κ1) is 11.8. The molecule has 6 heteroatoms. The lowest BCUT2D eigenvalue weighted by atomic mass is 9.82. The van der Waals surface area contributed by atoms with Gasteiger partial charge in [0.05, 0.1) is 22.8 Å². The molecule has 0 amide bonds. The summed E-state index contributed by atoms with van der Waals surface area (Å²) in [4.78, 5) is 9.78. The molecule has 0 atom stereocenters. The van der Waals surface area contributed by atoms with Gasteiger partial charge in [-0.25, -0.2) is 4.39 Å². The number of aliphatic hydroxyl groups is 1. The van der Waals surface area contributed by atoms with E-state index in [0.29, 0.717) is 12.5 Å². The van der Waals surface area contributed by atoms with Crippen molar-refractivity contribution in [1.82, 2.24) is 0 Å². The summed E-state index contributed by atoms with van der Waals surface area (Å²) in [6.07, 6.45) is 1.21. The number of nitro groups is 1. The van der Waals surface area contributed by atoms with Crippen molar-refractivity contribution in [3.63, 3.8) is 0 Å². The summed E-state index contributed by atoms with van der Waals surface area (Å²) >= 11 is 0. The summed E-state index contributed by atoms with van der Waals surface area (Å²) in [7, 11) is 0. The van der Waals surface area contributed by atoms with E-state index >= 15 is 0 Å². The van der Waals surface area contributed by atoms with Gasteiger partial charge in [0.2, 0.25) is 0 Å². The lowest BCUT2D eigenvalue weighted by Gasteiger charge is -2.31. The van der Waals surface area contributed by atoms with Gasteiger partial charge >= 0.3 is 0 Å². The van der Waals surface area contributed by atoms with Gasteiger partial charge in [-0.3, -0.25) is 10.1 Å². The molecule has 0 unspecified atom stereocenters. The molecule has 0 aromatic heterocycles. The second-order valence-corrected chi connectivity index (χ2v) is 4.29. The second-order valence-electron chi connectivity index (χ2n) is 4.29. The molecule has 1 aliphatic carbocycles. The van der Waals surface area contributed by atoms with Gasteiger partial charge < -0.3 is 10.4 Å². The van der Waals surface area contributed by atoms with Crippen LogP contribution in [0.5, 0.6) is 0 Å². The summed E-state index contributed by atoms with van der Waals surface area (Å²) < 4.78 is 13.4. The maximum atomic E-state index is 13.4. The molecule has 0 radical (unpaired) electrons. The van der Waals surface area contributed by atoms with Crippen LogP contribution in [0.4, 0.5) is 15.8 Å². The van der Waals surface area contributed by atoms with E-state index in [1.54, 1.807) is 0 Å². The van der Waals surface area contributed by atoms with Crippen LogP contribution in [0.2, 0.25) is 0 Å². The molecule has 1 aliphatic rings. The highest BCUT2D eigenvalue weighted by Crippen LogP contribution is 2.28. The Hall–Kier alpha value is -1.69. The number of hydrogen-bond acceptors (Lipinski definition) is 4. The lowest BCUT2D eigenvalue weighted by molar-refractivity contribution is -0.385. The van der Waals surface area contributed by atoms with Gasteiger partial charge in [-0.15, -0.1) is 0 Å². The molecular weight excluding hydrogens is 227 g/mol. The largest absolute Gasteiger partial charge is 0.393 e. The van der Waals surface area contributed by atoms with Crippen LogP contribution in [0.15, 0.2) is 18.2 Å². The number of nitrogens with zero attached hydrogens (tertiary/aromatic N) is 1. The van der Waals surface area contributed by atoms with Gasteiger partial charge in [0.25, 0.3) is 5.69 Å². The van der Waals surface area contributed by atoms with Crippen LogP contribution < -0.4 is 5.32 Å². The molecule has 1 saturated carbocycles. The molecule has 5 nitrogen and oxygen atoms in total. The third kappa shape index (κ3) is 2.71. The fraction of sp³-hybridized carbons (Fsp3) is 0.455. The van der Waals surface area contributed by atoms with Gasteiger partial charge in [-0.2, -0.15) is 0 Å². The van der Waals surface area contributed by atoms with E-state index in [0.717, 1.165) is 18.9 Å². The zero-order valence-electron chi connectivity index (χ0n) is 9.10. The highest BCUT2D eigenvalue weighted by molar-refractivity contribution is 5.50. The van der Waals surface area contributed by atoms with Crippen LogP contribution in [-0.4, -0.2) is 22.7 Å². The zero-order valence-corrected chi connectivity index (χ0v) is 9.10. The van der Waals surface area contributed by atoms with Crippen molar-refractivity contribution in [3.8, 4) is 0 Å². The summed E-state index contributed by atoms with van der Waals surface area (Å²) in [5.41, 5.74) is 0.00380. The summed E-state index contributed by atoms with van der Waals surface area (Å²) in [6, 6.07) is 3.53. The molecule has 17 heavy (non-hydrogen) atoms. The molecule has 2 N–H and O–H groups in total. The maximum Gasteiger partial charge on any atom is 0.272 e. The number of nitrogens with one attached hydrogen (secondary N) is 1. The number of halogens is 1. The number of anilines is 1. The minimum Gasteiger partial charge on any atom is -0.393 e. The monoisotopic (exact) mass is 240 g/mol. The molecule has 0 saturated heterocycles. The molecule has 0 heterocycles. The quantitative estimate of drug-likeness (QED) is 0.622. The van der Waals surface area contributed by atoms with Crippen molar-refractivity contribution >= 4 is 11.4 Å². The summed E-state index contributed by atoms with van der Waals surface area (Å²) in [6.45, 7) is 0.575. The number of aliphatic hydroxyl groups excluding tert-OH is 1. The SMILES string of the molecule is O=[N+]([O-])c1ccc(NCC2CC(O)C2)c(F)c1. The van der Waals surface area contributed by atoms with Gasteiger partial charge in [0, 0.05) is 12.6 Å². The van der Waals surface area contributed by atoms with E-state index in [9.17, 15) is 14.5 Å². The minimum atomic E-state index is -0.630. The van der Waals surface area contributed by atoms with Crippen molar-refractivity contribution in [2.45, 2.75) is 18.9 Å². The summed E-state index contributed by atoms with van der Waals surface area (Å²) in [5, 5.41) is 22.4. The Bertz CT molecular complexity index is 433. The lowest BCUT2D eigenvalue weighted by Crippen LogP contribution is -2.33. The van der Waals surface area contributed by atoms with Crippen LogP contribution in [0, 0.1) is 21.8 Å². The third-order valence-electron chi connectivity index (χ3n) is 2.96. The van der Waals surface area contributed by atoms with E-state index in [1.807, 2.05) is 0 Å². The second kappa shape index (κ2) is 4.67. The van der Waals surface area contributed by atoms with Gasteiger partial charge in [0.15, 0.2) is 5.82 Å². The Labute approximate surface area is 97.4 Å². The van der Waals surface area contributed by atoms with Crippen molar-refractivity contribution in [3.05, 3.63) is 34.1 Å². The van der Waals surface area contributed by atoms with Crippen LogP contribution in [-0.2, 0) is 0 Å². The fourth-order valence-electron chi connectivity index (χ4n) is 1.88. The van der Waals surface area contributed by atoms with Crippen molar-refractivity contribution in [2.24, 2.45) is 5.92 Å². The van der Waals surface area contributed by atoms with Gasteiger partial charge in [0.1, 0.15) is 0 Å². The molecule has 2 rings (SSSR count). The average Bonchev–Trinajstić information content (AvgIpc) is 2.24. The number of benzene rings is 1. The summed E-state index contributed by atoms with van der Waals surface area (Å²) in [5.74, 6) is -0.279. The molecular formula is C11H13FN2O3. The number of non-ortho nitro benzene ring substituents is 1. The zero-order chi connectivity index (χ0) is 12.4. The minimum absolute atomic E-state index is 0.233. The Morgan fingerprint density at radius 2 is 2.24 bits per heavy atom. The molecule has 1 fully saturated rings. The topological polar surface area (TPSA) is 75.4 Å². The van der Waals surface area contributed by atoms with Crippen LogP contribution >= 0.6 is 0 Å². The fourth-order valence-corrected chi connectivity index (χ4v) is 1.88. The van der Waals surface area contributed by atoms with E-state index in [-0.39, 0.29) is 17.5 Å². The van der Waals surface area contributed by atoms with Crippen LogP contribution in [0.25, 0.3) is 0 Å². The third-order valence-corrected chi connectivity index (χ3v) is 2.96. The highest BCUT2D eigenvalue weighted by Gasteiger charge is 2.26. The average molecular weight is 240 g/mol. The smallest absolute Gasteiger partial charge is 0.272 e. The Balaban J connectivity index is 1.94. The maximum absolute atomic E-state index is 13.4. The van der Waals surface area contributed by atoms with E-state index in [4.69, 9.17) is 5.11 Å². The van der Waals surface area contributed by atoms with E-state index in [1.165, 1.54) is 12.1 Å². The normalized spacial score (nSPS) is 22.9. The van der Waals surface area contributed by atoms with Crippen molar-refractivity contribution in [2.75, 3.05) is 11.9 Å². The first-order valence-corrected chi connectivity index (χ1v) is 5.42. The van der Waals surface area contributed by atoms with Gasteiger partial charge in [-0.1, -0.05) is 0 Å². The molecule has 0 spiro atoms. The first-order valence-electron chi connectivity index (χ1n) is 5.42. The Morgan fingerprint density at radius 1 is 1.53 bits per heavy atom. The van der Waals surface area contributed by atoms with E-state index in [2.05, 4.69) is 5.32 Å². The van der Waals surface area contributed by atoms with Crippen LogP contribution in [0.1, 0.15) is 12.8 Å². The van der Waals surface area contributed by atoms with Crippen LogP contribution in [0.3, 0.4) is 0 Å². The van der Waals surface area contributed by atoms with Crippen molar-refractivity contribution < 1.29 is 14.4 Å². The number of rotatable bonds is 4. The Morgan fingerprint density at radius 3 is 2.76 bits per heavy atom. The van der Waals surface area contributed by atoms with Crippen molar-refractivity contribution in [1.29, 1.82) is 0 Å². The predicted molar refractivity (Wildman–Crippen MR) is 60.3 cm³/mol. The molecule has 0 aliphatic heterocycles. The van der Waals surface area contributed by atoms with E-state index < -0.39 is 10.7 Å². The molecule has 1 aromatic carbocycles. The highest BCUT2D eigenvalue weighted by atomic mass is 19.1. The molecule has 0 bridgehead atoms. The molecule has 1 aromatic rings. The standard InChI is InChI=1S/C11H13FN2O3/c12-10-5-8(14(16)17)1-2-11(10)13-6-7-3-9(15)4-7/h1-2,5,7,9,13,15H,3-4,6H2. The first-order chi connectivity index (χ1) is 8.06. The number of nitro benzene ring substituents is 1. The Kier molecular flexibility index (Phi) is 3.23. The molecule has 92 valence electrons. The predicted octanol–water partition coefficient (Wildman–Crippen LogP) is 1.92. The number of hydrogen-bond donors (Lipinski definition) is 2. The van der Waals surface area contributed by atoms with Gasteiger partial charge in [-0.05, 0) is 24.8 Å².